The normalized spacial score (nSPS) is 23.3. The molecule has 2 saturated heterocycles. The summed E-state index contributed by atoms with van der Waals surface area (Å²) in [6.45, 7) is 5.79. The molecule has 1 aromatic rings. The summed E-state index contributed by atoms with van der Waals surface area (Å²) in [5, 5.41) is 10.5. The molecule has 7 heteroatoms. The standard InChI is InChI=1S/C16H27N5O.ClH/c1-17-16(22)15-6-10-21(19-15)14-3-2-9-20(12-14)11-13-4-7-18-8-5-13;/h6,10,13-14,18H,2-5,7-9,11-12H2,1H3,(H,17,22);1H. The number of carbonyl (C=O) groups excluding carboxylic acids is 1. The predicted molar refractivity (Wildman–Crippen MR) is 93.2 cm³/mol. The Morgan fingerprint density at radius 2 is 2.17 bits per heavy atom. The molecule has 23 heavy (non-hydrogen) atoms. The van der Waals surface area contributed by atoms with Crippen LogP contribution in [-0.4, -0.2) is 60.4 Å². The minimum absolute atomic E-state index is 0. The average molecular weight is 342 g/mol. The van der Waals surface area contributed by atoms with Crippen molar-refractivity contribution in [2.45, 2.75) is 31.7 Å². The summed E-state index contributed by atoms with van der Waals surface area (Å²) in [5.41, 5.74) is 0.512. The van der Waals surface area contributed by atoms with E-state index in [2.05, 4.69) is 20.6 Å². The summed E-state index contributed by atoms with van der Waals surface area (Å²) in [7, 11) is 1.64. The molecule has 1 amide bonds. The van der Waals surface area contributed by atoms with Gasteiger partial charge >= 0.3 is 0 Å². The lowest BCUT2D eigenvalue weighted by atomic mass is 9.96. The molecule has 1 unspecified atom stereocenters. The number of rotatable bonds is 4. The van der Waals surface area contributed by atoms with Gasteiger partial charge in [-0.3, -0.25) is 9.48 Å². The third-order valence-corrected chi connectivity index (χ3v) is 4.90. The van der Waals surface area contributed by atoms with Gasteiger partial charge in [-0.1, -0.05) is 0 Å². The molecule has 0 spiro atoms. The highest BCUT2D eigenvalue weighted by molar-refractivity contribution is 5.91. The number of piperidine rings is 2. The number of nitrogens with one attached hydrogen (secondary N) is 2. The van der Waals surface area contributed by atoms with E-state index in [1.807, 2.05) is 16.9 Å². The number of hydrogen-bond donors (Lipinski definition) is 2. The van der Waals surface area contributed by atoms with Crippen molar-refractivity contribution >= 4 is 18.3 Å². The summed E-state index contributed by atoms with van der Waals surface area (Å²) in [6.07, 6.45) is 6.90. The van der Waals surface area contributed by atoms with Crippen molar-refractivity contribution in [2.75, 3.05) is 39.8 Å². The second-order valence-corrected chi connectivity index (χ2v) is 6.51. The summed E-state index contributed by atoms with van der Waals surface area (Å²) < 4.78 is 1.99. The zero-order chi connectivity index (χ0) is 15.4. The number of nitrogens with zero attached hydrogens (tertiary/aromatic N) is 3. The van der Waals surface area contributed by atoms with E-state index in [0.717, 1.165) is 32.0 Å². The topological polar surface area (TPSA) is 62.2 Å². The van der Waals surface area contributed by atoms with E-state index < -0.39 is 0 Å². The van der Waals surface area contributed by atoms with Crippen LogP contribution in [0.5, 0.6) is 0 Å². The minimum Gasteiger partial charge on any atom is -0.354 e. The molecule has 0 saturated carbocycles. The van der Waals surface area contributed by atoms with Gasteiger partial charge in [0.2, 0.25) is 0 Å². The number of amides is 1. The molecule has 0 aliphatic carbocycles. The van der Waals surface area contributed by atoms with Crippen LogP contribution in [0.2, 0.25) is 0 Å². The van der Waals surface area contributed by atoms with Crippen LogP contribution >= 0.6 is 12.4 Å². The van der Waals surface area contributed by atoms with Crippen LogP contribution in [0.3, 0.4) is 0 Å². The van der Waals surface area contributed by atoms with Gasteiger partial charge in [-0.15, -0.1) is 12.4 Å². The van der Waals surface area contributed by atoms with Gasteiger partial charge in [0.05, 0.1) is 6.04 Å². The molecule has 2 aliphatic heterocycles. The van der Waals surface area contributed by atoms with Crippen molar-refractivity contribution in [2.24, 2.45) is 5.92 Å². The first kappa shape index (κ1) is 18.2. The molecule has 0 radical (unpaired) electrons. The highest BCUT2D eigenvalue weighted by atomic mass is 35.5. The fourth-order valence-electron chi connectivity index (χ4n) is 3.63. The first-order chi connectivity index (χ1) is 10.8. The third-order valence-electron chi connectivity index (χ3n) is 4.90. The molecule has 2 aliphatic rings. The number of hydrogen-bond acceptors (Lipinski definition) is 4. The Bertz CT molecular complexity index is 500. The molecule has 3 heterocycles. The third kappa shape index (κ3) is 4.68. The molecular weight excluding hydrogens is 314 g/mol. The van der Waals surface area contributed by atoms with Crippen LogP contribution in [0.1, 0.15) is 42.2 Å². The van der Waals surface area contributed by atoms with E-state index in [4.69, 9.17) is 0 Å². The fraction of sp³-hybridized carbons (Fsp3) is 0.750. The quantitative estimate of drug-likeness (QED) is 0.866. The molecule has 2 fully saturated rings. The van der Waals surface area contributed by atoms with Gasteiger partial charge in [-0.25, -0.2) is 0 Å². The number of likely N-dealkylation sites (tertiary alicyclic amines) is 1. The molecule has 3 rings (SSSR count). The Kier molecular flexibility index (Phi) is 6.87. The van der Waals surface area contributed by atoms with E-state index in [-0.39, 0.29) is 18.3 Å². The van der Waals surface area contributed by atoms with Gasteiger partial charge in [-0.2, -0.15) is 5.10 Å². The van der Waals surface area contributed by atoms with Crippen LogP contribution in [-0.2, 0) is 0 Å². The largest absolute Gasteiger partial charge is 0.354 e. The van der Waals surface area contributed by atoms with Gasteiger partial charge in [0.25, 0.3) is 5.91 Å². The Labute approximate surface area is 144 Å². The van der Waals surface area contributed by atoms with Crippen molar-refractivity contribution in [3.05, 3.63) is 18.0 Å². The molecule has 6 nitrogen and oxygen atoms in total. The predicted octanol–water partition coefficient (Wildman–Crippen LogP) is 1.30. The van der Waals surface area contributed by atoms with E-state index in [1.54, 1.807) is 7.05 Å². The summed E-state index contributed by atoms with van der Waals surface area (Å²) in [5.74, 6) is 0.722. The van der Waals surface area contributed by atoms with E-state index >= 15 is 0 Å². The Morgan fingerprint density at radius 1 is 1.39 bits per heavy atom. The number of aromatic nitrogens is 2. The lowest BCUT2D eigenvalue weighted by Gasteiger charge is -2.36. The van der Waals surface area contributed by atoms with Crippen LogP contribution < -0.4 is 10.6 Å². The number of carbonyl (C=O) groups is 1. The molecule has 130 valence electrons. The summed E-state index contributed by atoms with van der Waals surface area (Å²) >= 11 is 0. The summed E-state index contributed by atoms with van der Waals surface area (Å²) in [4.78, 5) is 14.2. The van der Waals surface area contributed by atoms with Crippen LogP contribution in [0.4, 0.5) is 0 Å². The van der Waals surface area contributed by atoms with Crippen molar-refractivity contribution in [3.8, 4) is 0 Å². The maximum Gasteiger partial charge on any atom is 0.271 e. The van der Waals surface area contributed by atoms with Crippen molar-refractivity contribution < 1.29 is 4.79 Å². The fourth-order valence-corrected chi connectivity index (χ4v) is 3.63. The maximum absolute atomic E-state index is 11.6. The van der Waals surface area contributed by atoms with Crippen LogP contribution in [0.15, 0.2) is 12.3 Å². The van der Waals surface area contributed by atoms with Gasteiger partial charge in [0.1, 0.15) is 5.69 Å². The van der Waals surface area contributed by atoms with Gasteiger partial charge in [-0.05, 0) is 57.3 Å². The number of halogens is 1. The monoisotopic (exact) mass is 341 g/mol. The first-order valence-electron chi connectivity index (χ1n) is 8.46. The van der Waals surface area contributed by atoms with E-state index in [9.17, 15) is 4.79 Å². The Balaban J connectivity index is 0.00000192. The molecule has 1 aromatic heterocycles. The van der Waals surface area contributed by atoms with Gasteiger partial charge in [0.15, 0.2) is 0 Å². The highest BCUT2D eigenvalue weighted by Crippen LogP contribution is 2.23. The second kappa shape index (κ2) is 8.66. The van der Waals surface area contributed by atoms with Gasteiger partial charge in [0, 0.05) is 26.3 Å². The van der Waals surface area contributed by atoms with Crippen molar-refractivity contribution in [1.29, 1.82) is 0 Å². The molecule has 2 N–H and O–H groups in total. The highest BCUT2D eigenvalue weighted by Gasteiger charge is 2.25. The smallest absolute Gasteiger partial charge is 0.271 e. The van der Waals surface area contributed by atoms with E-state index in [1.165, 1.54) is 32.4 Å². The van der Waals surface area contributed by atoms with Crippen LogP contribution in [0, 0.1) is 5.92 Å². The minimum atomic E-state index is -0.110. The molecular formula is C16H28ClN5O. The van der Waals surface area contributed by atoms with Gasteiger partial charge < -0.3 is 15.5 Å². The Morgan fingerprint density at radius 3 is 2.91 bits per heavy atom. The van der Waals surface area contributed by atoms with Crippen LogP contribution in [0.25, 0.3) is 0 Å². The zero-order valence-corrected chi connectivity index (χ0v) is 14.6. The zero-order valence-electron chi connectivity index (χ0n) is 13.8. The first-order valence-corrected chi connectivity index (χ1v) is 8.46. The SMILES string of the molecule is CNC(=O)c1ccn(C2CCCN(CC3CCNCC3)C2)n1.Cl. The van der Waals surface area contributed by atoms with E-state index in [0.29, 0.717) is 11.7 Å². The van der Waals surface area contributed by atoms with Crippen molar-refractivity contribution in [1.82, 2.24) is 25.3 Å². The Hall–Kier alpha value is -1.11. The van der Waals surface area contributed by atoms with Crippen molar-refractivity contribution in [3.63, 3.8) is 0 Å². The molecule has 0 bridgehead atoms. The lowest BCUT2D eigenvalue weighted by Crippen LogP contribution is -2.42. The second-order valence-electron chi connectivity index (χ2n) is 6.51. The maximum atomic E-state index is 11.6. The molecule has 1 atom stereocenters. The average Bonchev–Trinajstić information content (AvgIpc) is 3.05. The lowest BCUT2D eigenvalue weighted by molar-refractivity contribution is 0.0955. The summed E-state index contributed by atoms with van der Waals surface area (Å²) in [6, 6.07) is 2.21. The molecule has 0 aromatic carbocycles.